The van der Waals surface area contributed by atoms with E-state index in [4.69, 9.17) is 0 Å². The summed E-state index contributed by atoms with van der Waals surface area (Å²) in [7, 11) is -3.75. The summed E-state index contributed by atoms with van der Waals surface area (Å²) in [6.45, 7) is 3.67. The summed E-state index contributed by atoms with van der Waals surface area (Å²) in [5, 5.41) is 4.89. The van der Waals surface area contributed by atoms with Crippen LogP contribution in [-0.2, 0) is 14.8 Å². The summed E-state index contributed by atoms with van der Waals surface area (Å²) in [6, 6.07) is 19.1. The minimum atomic E-state index is -3.75. The molecule has 5 nitrogen and oxygen atoms in total. The molecule has 0 heterocycles. The number of amides is 1. The van der Waals surface area contributed by atoms with E-state index >= 15 is 0 Å². The average molecular weight is 461 g/mol. The lowest BCUT2D eigenvalue weighted by molar-refractivity contribution is -0.122. The second kappa shape index (κ2) is 7.93. The molecule has 0 atom stereocenters. The topological polar surface area (TPSA) is 75.3 Å². The second-order valence-electron chi connectivity index (χ2n) is 7.13. The van der Waals surface area contributed by atoms with Crippen molar-refractivity contribution in [3.8, 4) is 0 Å². The molecule has 2 N–H and O–H groups in total. The van der Waals surface area contributed by atoms with E-state index in [0.717, 1.165) is 5.39 Å². The number of hydrogen-bond acceptors (Lipinski definition) is 3. The number of hydrogen-bond donors (Lipinski definition) is 2. The van der Waals surface area contributed by atoms with E-state index in [-0.39, 0.29) is 10.8 Å². The number of sulfonamides is 1. The molecule has 3 aromatic rings. The van der Waals surface area contributed by atoms with Crippen molar-refractivity contribution in [3.63, 3.8) is 0 Å². The smallest absolute Gasteiger partial charge is 0.262 e. The second-order valence-corrected chi connectivity index (χ2v) is 9.34. The molecule has 0 spiro atoms. The lowest BCUT2D eigenvalue weighted by Crippen LogP contribution is -2.32. The molecule has 0 radical (unpaired) electrons. The fraction of sp³-hybridized carbons (Fsp3) is 0.190. The number of fused-ring (bicyclic) bond motifs is 1. The van der Waals surface area contributed by atoms with E-state index in [9.17, 15) is 13.2 Å². The minimum absolute atomic E-state index is 0.117. The Kier molecular flexibility index (Phi) is 5.76. The molecule has 1 amide bonds. The Labute approximate surface area is 173 Å². The molecule has 146 valence electrons. The molecule has 0 aliphatic heterocycles. The number of anilines is 2. The molecule has 0 saturated carbocycles. The number of carbonyl (C=O) groups excluding carboxylic acids is 1. The molecule has 28 heavy (non-hydrogen) atoms. The fourth-order valence-corrected chi connectivity index (χ4v) is 4.17. The highest BCUT2D eigenvalue weighted by molar-refractivity contribution is 9.09. The van der Waals surface area contributed by atoms with Crippen molar-refractivity contribution in [3.05, 3.63) is 66.7 Å². The van der Waals surface area contributed by atoms with E-state index in [1.54, 1.807) is 42.5 Å². The third-order valence-electron chi connectivity index (χ3n) is 4.38. The van der Waals surface area contributed by atoms with Crippen molar-refractivity contribution in [2.75, 3.05) is 15.4 Å². The van der Waals surface area contributed by atoms with Gasteiger partial charge in [-0.05, 0) is 35.7 Å². The van der Waals surface area contributed by atoms with Gasteiger partial charge in [-0.15, -0.1) is 0 Å². The van der Waals surface area contributed by atoms with Crippen LogP contribution in [0.25, 0.3) is 10.8 Å². The van der Waals surface area contributed by atoms with Crippen LogP contribution in [0.4, 0.5) is 11.4 Å². The van der Waals surface area contributed by atoms with Gasteiger partial charge in [0.05, 0.1) is 10.3 Å². The molecule has 7 heteroatoms. The first kappa shape index (κ1) is 20.4. The van der Waals surface area contributed by atoms with Crippen molar-refractivity contribution < 1.29 is 13.2 Å². The zero-order valence-electron chi connectivity index (χ0n) is 15.6. The maximum absolute atomic E-state index is 12.9. The number of carbonyl (C=O) groups is 1. The Morgan fingerprint density at radius 3 is 2.21 bits per heavy atom. The number of rotatable bonds is 6. The van der Waals surface area contributed by atoms with Crippen LogP contribution in [0.2, 0.25) is 0 Å². The van der Waals surface area contributed by atoms with E-state index in [1.807, 2.05) is 38.1 Å². The molecule has 0 aliphatic carbocycles. The van der Waals surface area contributed by atoms with Crippen LogP contribution in [0.15, 0.2) is 71.6 Å². The molecule has 0 fully saturated rings. The van der Waals surface area contributed by atoms with Gasteiger partial charge in [0.2, 0.25) is 5.91 Å². The van der Waals surface area contributed by atoms with Gasteiger partial charge in [0.1, 0.15) is 0 Å². The van der Waals surface area contributed by atoms with Gasteiger partial charge in [-0.3, -0.25) is 9.52 Å². The van der Waals surface area contributed by atoms with E-state index < -0.39 is 15.4 Å². The Morgan fingerprint density at radius 1 is 0.929 bits per heavy atom. The van der Waals surface area contributed by atoms with Crippen molar-refractivity contribution in [1.82, 2.24) is 0 Å². The molecule has 0 aromatic heterocycles. The minimum Gasteiger partial charge on any atom is -0.326 e. The van der Waals surface area contributed by atoms with Gasteiger partial charge in [-0.2, -0.15) is 0 Å². The van der Waals surface area contributed by atoms with Gasteiger partial charge >= 0.3 is 0 Å². The lowest BCUT2D eigenvalue weighted by atomic mass is 9.95. The standard InChI is InChI=1S/C21H21BrN2O3S/c1-21(2,14-22)20(25)23-16-10-12-17(13-11-16)24-28(26,27)19-9-5-7-15-6-3-4-8-18(15)19/h3-13,24H,14H2,1-2H3,(H,23,25). The van der Waals surface area contributed by atoms with Gasteiger partial charge in [0.25, 0.3) is 10.0 Å². The number of nitrogens with one attached hydrogen (secondary N) is 2. The highest BCUT2D eigenvalue weighted by Crippen LogP contribution is 2.26. The van der Waals surface area contributed by atoms with Crippen molar-refractivity contribution in [1.29, 1.82) is 0 Å². The highest BCUT2D eigenvalue weighted by Gasteiger charge is 2.26. The van der Waals surface area contributed by atoms with Crippen LogP contribution in [0.1, 0.15) is 13.8 Å². The average Bonchev–Trinajstić information content (AvgIpc) is 2.68. The Balaban J connectivity index is 1.81. The summed E-state index contributed by atoms with van der Waals surface area (Å²) < 4.78 is 28.3. The SMILES string of the molecule is CC(C)(CBr)C(=O)Nc1ccc(NS(=O)(=O)c2cccc3ccccc23)cc1. The van der Waals surface area contributed by atoms with E-state index in [1.165, 1.54) is 0 Å². The fourth-order valence-electron chi connectivity index (χ4n) is 2.62. The summed E-state index contributed by atoms with van der Waals surface area (Å²) in [6.07, 6.45) is 0. The van der Waals surface area contributed by atoms with Crippen molar-refractivity contribution in [2.45, 2.75) is 18.7 Å². The largest absolute Gasteiger partial charge is 0.326 e. The molecule has 3 aromatic carbocycles. The highest BCUT2D eigenvalue weighted by atomic mass is 79.9. The molecule has 0 bridgehead atoms. The van der Waals surface area contributed by atoms with Crippen LogP contribution in [0.3, 0.4) is 0 Å². The van der Waals surface area contributed by atoms with Crippen LogP contribution < -0.4 is 10.0 Å². The van der Waals surface area contributed by atoms with Crippen LogP contribution >= 0.6 is 15.9 Å². The van der Waals surface area contributed by atoms with E-state index in [2.05, 4.69) is 26.0 Å². The Hall–Kier alpha value is -2.38. The van der Waals surface area contributed by atoms with Gasteiger partial charge in [0, 0.05) is 22.1 Å². The first-order valence-corrected chi connectivity index (χ1v) is 11.3. The predicted octanol–water partition coefficient (Wildman–Crippen LogP) is 5.00. The third kappa shape index (κ3) is 4.36. The maximum atomic E-state index is 12.9. The number of alkyl halides is 1. The van der Waals surface area contributed by atoms with Crippen molar-refractivity contribution in [2.24, 2.45) is 5.41 Å². The predicted molar refractivity (Wildman–Crippen MR) is 117 cm³/mol. The lowest BCUT2D eigenvalue weighted by Gasteiger charge is -2.20. The van der Waals surface area contributed by atoms with Gasteiger partial charge in [-0.25, -0.2) is 8.42 Å². The molecule has 3 rings (SSSR count). The van der Waals surface area contributed by atoms with Crippen LogP contribution in [0, 0.1) is 5.41 Å². The first-order chi connectivity index (χ1) is 13.2. The van der Waals surface area contributed by atoms with Gasteiger partial charge in [-0.1, -0.05) is 66.2 Å². The zero-order chi connectivity index (χ0) is 20.4. The van der Waals surface area contributed by atoms with Gasteiger partial charge in [0.15, 0.2) is 0 Å². The van der Waals surface area contributed by atoms with Gasteiger partial charge < -0.3 is 5.32 Å². The number of halogens is 1. The van der Waals surface area contributed by atoms with Crippen LogP contribution in [-0.4, -0.2) is 19.7 Å². The van der Waals surface area contributed by atoms with E-state index in [0.29, 0.717) is 22.1 Å². The molecular weight excluding hydrogens is 440 g/mol. The Morgan fingerprint density at radius 2 is 1.54 bits per heavy atom. The summed E-state index contributed by atoms with van der Waals surface area (Å²) in [5.74, 6) is -0.117. The summed E-state index contributed by atoms with van der Waals surface area (Å²) in [5.41, 5.74) is 0.479. The molecule has 0 saturated heterocycles. The molecular formula is C21H21BrN2O3S. The zero-order valence-corrected chi connectivity index (χ0v) is 18.0. The third-order valence-corrected chi connectivity index (χ3v) is 7.22. The summed E-state index contributed by atoms with van der Waals surface area (Å²) in [4.78, 5) is 12.5. The molecule has 0 aliphatic rings. The maximum Gasteiger partial charge on any atom is 0.262 e. The summed E-state index contributed by atoms with van der Waals surface area (Å²) >= 11 is 3.33. The monoisotopic (exact) mass is 460 g/mol. The van der Waals surface area contributed by atoms with Crippen LogP contribution in [0.5, 0.6) is 0 Å². The van der Waals surface area contributed by atoms with Crippen molar-refractivity contribution >= 4 is 54.0 Å². The molecule has 0 unspecified atom stereocenters. The normalized spacial score (nSPS) is 12.0. The quantitative estimate of drug-likeness (QED) is 0.508. The first-order valence-electron chi connectivity index (χ1n) is 8.71. The number of benzene rings is 3. The Bertz CT molecular complexity index is 1100.